The minimum atomic E-state index is -1.61. The van der Waals surface area contributed by atoms with Crippen molar-refractivity contribution in [1.82, 2.24) is 0 Å². The van der Waals surface area contributed by atoms with E-state index in [0.29, 0.717) is 11.6 Å². The van der Waals surface area contributed by atoms with E-state index in [-0.39, 0.29) is 5.69 Å². The van der Waals surface area contributed by atoms with E-state index in [1.54, 1.807) is 26.1 Å². The number of halogens is 4. The van der Waals surface area contributed by atoms with Crippen LogP contribution in [0.3, 0.4) is 0 Å². The van der Waals surface area contributed by atoms with Crippen molar-refractivity contribution < 1.29 is 22.9 Å². The quantitative estimate of drug-likeness (QED) is 0.793. The highest BCUT2D eigenvalue weighted by molar-refractivity contribution is 6.30. The van der Waals surface area contributed by atoms with Gasteiger partial charge in [0.1, 0.15) is 6.54 Å². The smallest absolute Gasteiger partial charge is 0.282 e. The second kappa shape index (κ2) is 7.68. The van der Waals surface area contributed by atoms with E-state index in [1.165, 1.54) is 0 Å². The van der Waals surface area contributed by atoms with Crippen LogP contribution in [-0.2, 0) is 11.3 Å². The molecule has 3 nitrogen and oxygen atoms in total. The highest BCUT2D eigenvalue weighted by Gasteiger charge is 2.24. The Bertz CT molecular complexity index is 737. The summed E-state index contributed by atoms with van der Waals surface area (Å²) in [4.78, 5) is 13.1. The van der Waals surface area contributed by atoms with Crippen molar-refractivity contribution in [2.45, 2.75) is 19.5 Å². The molecule has 0 bridgehead atoms. The summed E-state index contributed by atoms with van der Waals surface area (Å²) in [5, 5.41) is 2.91. The van der Waals surface area contributed by atoms with Crippen LogP contribution in [0.2, 0.25) is 5.02 Å². The summed E-state index contributed by atoms with van der Waals surface area (Å²) in [7, 11) is 1.81. The lowest BCUT2D eigenvalue weighted by atomic mass is 10.2. The molecule has 0 aliphatic rings. The maximum atomic E-state index is 13.6. The molecule has 128 valence electrons. The van der Waals surface area contributed by atoms with Gasteiger partial charge in [-0.25, -0.2) is 13.2 Å². The fourth-order valence-electron chi connectivity index (χ4n) is 2.16. The monoisotopic (exact) mass is 357 g/mol. The van der Waals surface area contributed by atoms with Crippen molar-refractivity contribution in [3.63, 3.8) is 0 Å². The number of anilines is 1. The highest BCUT2D eigenvalue weighted by atomic mass is 35.5. The lowest BCUT2D eigenvalue weighted by Crippen LogP contribution is -3.12. The molecule has 2 rings (SSSR count). The molecule has 1 amide bonds. The number of nitrogens with one attached hydrogen (secondary N) is 2. The Balaban J connectivity index is 2.03. The van der Waals surface area contributed by atoms with Gasteiger partial charge >= 0.3 is 0 Å². The molecule has 0 radical (unpaired) electrons. The maximum Gasteiger partial charge on any atom is 0.282 e. The van der Waals surface area contributed by atoms with Crippen LogP contribution in [0.15, 0.2) is 36.4 Å². The van der Waals surface area contributed by atoms with Crippen LogP contribution in [0, 0.1) is 17.5 Å². The van der Waals surface area contributed by atoms with Gasteiger partial charge in [0, 0.05) is 10.6 Å². The van der Waals surface area contributed by atoms with E-state index in [0.717, 1.165) is 22.6 Å². The predicted octanol–water partition coefficient (Wildman–Crippen LogP) is 2.80. The van der Waals surface area contributed by atoms with Gasteiger partial charge in [-0.3, -0.25) is 4.79 Å². The van der Waals surface area contributed by atoms with Crippen LogP contribution >= 0.6 is 11.6 Å². The number of benzene rings is 2. The van der Waals surface area contributed by atoms with Gasteiger partial charge in [-0.1, -0.05) is 23.7 Å². The average Bonchev–Trinajstić information content (AvgIpc) is 2.56. The summed E-state index contributed by atoms with van der Waals surface area (Å²) < 4.78 is 39.7. The first kappa shape index (κ1) is 18.3. The number of amides is 1. The number of carbonyl (C=O) groups excluding carboxylic acids is 1. The first-order valence-corrected chi connectivity index (χ1v) is 7.68. The third kappa shape index (κ3) is 4.27. The van der Waals surface area contributed by atoms with Crippen LogP contribution in [-0.4, -0.2) is 19.0 Å². The fraction of sp³-hybridized carbons (Fsp3) is 0.235. The molecular formula is C17H17ClF3N2O+. The van der Waals surface area contributed by atoms with E-state index in [9.17, 15) is 18.0 Å². The van der Waals surface area contributed by atoms with Crippen molar-refractivity contribution in [2.24, 2.45) is 0 Å². The Labute approximate surface area is 143 Å². The molecule has 1 unspecified atom stereocenters. The topological polar surface area (TPSA) is 33.5 Å². The van der Waals surface area contributed by atoms with Crippen molar-refractivity contribution in [2.75, 3.05) is 12.4 Å². The Hall–Kier alpha value is -2.05. The fourth-order valence-corrected chi connectivity index (χ4v) is 2.29. The maximum absolute atomic E-state index is 13.6. The van der Waals surface area contributed by atoms with E-state index < -0.39 is 29.4 Å². The zero-order chi connectivity index (χ0) is 17.9. The van der Waals surface area contributed by atoms with E-state index in [4.69, 9.17) is 11.6 Å². The zero-order valence-electron chi connectivity index (χ0n) is 13.2. The second-order valence-corrected chi connectivity index (χ2v) is 6.02. The Morgan fingerprint density at radius 3 is 2.38 bits per heavy atom. The molecule has 2 N–H and O–H groups in total. The molecule has 0 fully saturated rings. The number of quaternary nitrogens is 1. The first-order valence-electron chi connectivity index (χ1n) is 7.30. The molecule has 0 saturated carbocycles. The van der Waals surface area contributed by atoms with Gasteiger partial charge < -0.3 is 10.2 Å². The van der Waals surface area contributed by atoms with Gasteiger partial charge in [0.05, 0.1) is 12.7 Å². The predicted molar refractivity (Wildman–Crippen MR) is 86.5 cm³/mol. The molecule has 0 heterocycles. The summed E-state index contributed by atoms with van der Waals surface area (Å²) in [6.07, 6.45) is 0. The Morgan fingerprint density at radius 2 is 1.75 bits per heavy atom. The van der Waals surface area contributed by atoms with Crippen LogP contribution < -0.4 is 10.2 Å². The minimum Gasteiger partial charge on any atom is -0.324 e. The van der Waals surface area contributed by atoms with E-state index in [1.807, 2.05) is 12.1 Å². The summed E-state index contributed by atoms with van der Waals surface area (Å²) in [5.74, 6) is -4.82. The van der Waals surface area contributed by atoms with Crippen molar-refractivity contribution in [3.8, 4) is 0 Å². The first-order chi connectivity index (χ1) is 11.3. The molecule has 24 heavy (non-hydrogen) atoms. The van der Waals surface area contributed by atoms with Crippen LogP contribution in [0.4, 0.5) is 18.9 Å². The summed E-state index contributed by atoms with van der Waals surface area (Å²) >= 11 is 5.83. The average molecular weight is 358 g/mol. The largest absolute Gasteiger partial charge is 0.324 e. The zero-order valence-corrected chi connectivity index (χ0v) is 13.9. The van der Waals surface area contributed by atoms with Gasteiger partial charge in [0.2, 0.25) is 0 Å². The summed E-state index contributed by atoms with van der Waals surface area (Å²) in [5.41, 5.74) is 0.598. The molecule has 0 spiro atoms. The highest BCUT2D eigenvalue weighted by Crippen LogP contribution is 2.19. The molecule has 0 saturated heterocycles. The van der Waals surface area contributed by atoms with Crippen molar-refractivity contribution in [1.29, 1.82) is 0 Å². The second-order valence-electron chi connectivity index (χ2n) is 5.58. The molecule has 7 heteroatoms. The van der Waals surface area contributed by atoms with E-state index >= 15 is 0 Å². The van der Waals surface area contributed by atoms with E-state index in [2.05, 4.69) is 5.32 Å². The molecule has 0 aromatic heterocycles. The molecule has 0 aliphatic heterocycles. The number of hydrogen-bond donors (Lipinski definition) is 2. The van der Waals surface area contributed by atoms with Gasteiger partial charge in [0.25, 0.3) is 5.91 Å². The minimum absolute atomic E-state index is 0.384. The molecular weight excluding hydrogens is 341 g/mol. The molecule has 2 aromatic carbocycles. The summed E-state index contributed by atoms with van der Waals surface area (Å²) in [6.45, 7) is 2.21. The third-order valence-corrected chi connectivity index (χ3v) is 4.07. The van der Waals surface area contributed by atoms with Gasteiger partial charge in [-0.15, -0.1) is 0 Å². The summed E-state index contributed by atoms with van der Waals surface area (Å²) in [6, 6.07) is 8.44. The normalized spacial score (nSPS) is 13.4. The standard InChI is InChI=1S/C17H16ClF3N2O/c1-10(23(2)9-11-3-5-12(18)6-4-11)17(24)22-14-8-7-13(19)15(20)16(14)21/h3-8,10H,9H2,1-2H3,(H,22,24)/p+1/t10-/m0/s1. The SMILES string of the molecule is C[C@@H](C(=O)Nc1ccc(F)c(F)c1F)[NH+](C)Cc1ccc(Cl)cc1. The van der Waals surface area contributed by atoms with Crippen molar-refractivity contribution >= 4 is 23.2 Å². The third-order valence-electron chi connectivity index (χ3n) is 3.82. The van der Waals surface area contributed by atoms with Crippen LogP contribution in [0.5, 0.6) is 0 Å². The number of hydrogen-bond acceptors (Lipinski definition) is 1. The van der Waals surface area contributed by atoms with Crippen LogP contribution in [0.25, 0.3) is 0 Å². The lowest BCUT2D eigenvalue weighted by molar-refractivity contribution is -0.907. The molecule has 0 aliphatic carbocycles. The van der Waals surface area contributed by atoms with Gasteiger partial charge in [-0.2, -0.15) is 0 Å². The van der Waals surface area contributed by atoms with Crippen molar-refractivity contribution in [3.05, 3.63) is 64.4 Å². The Morgan fingerprint density at radius 1 is 1.12 bits per heavy atom. The number of rotatable bonds is 5. The molecule has 2 atom stereocenters. The number of likely N-dealkylation sites (N-methyl/N-ethyl adjacent to an activating group) is 1. The number of carbonyl (C=O) groups is 1. The van der Waals surface area contributed by atoms with Gasteiger partial charge in [-0.05, 0) is 31.2 Å². The van der Waals surface area contributed by atoms with Crippen LogP contribution in [0.1, 0.15) is 12.5 Å². The molecule has 2 aromatic rings. The lowest BCUT2D eigenvalue weighted by Gasteiger charge is -2.21. The van der Waals surface area contributed by atoms with Gasteiger partial charge in [0.15, 0.2) is 23.5 Å². The Kier molecular flexibility index (Phi) is 5.85.